The monoisotopic (exact) mass is 264 g/mol. The van der Waals surface area contributed by atoms with Gasteiger partial charge in [-0.2, -0.15) is 0 Å². The first kappa shape index (κ1) is 12.4. The molecule has 2 rings (SSSR count). The highest BCUT2D eigenvalue weighted by atomic mass is 35.5. The Morgan fingerprint density at radius 2 is 2.00 bits per heavy atom. The molecule has 0 atom stereocenters. The minimum atomic E-state index is -0.460. The average Bonchev–Trinajstić information content (AvgIpc) is 2.34. The van der Waals surface area contributed by atoms with E-state index in [1.54, 1.807) is 12.1 Å². The third-order valence-electron chi connectivity index (χ3n) is 2.35. The van der Waals surface area contributed by atoms with Gasteiger partial charge in [0.05, 0.1) is 10.7 Å². The first-order valence-electron chi connectivity index (χ1n) is 5.18. The molecule has 92 valence electrons. The van der Waals surface area contributed by atoms with Gasteiger partial charge in [-0.15, -0.1) is 0 Å². The van der Waals surface area contributed by atoms with Crippen molar-refractivity contribution < 1.29 is 9.18 Å². The van der Waals surface area contributed by atoms with Crippen molar-refractivity contribution >= 4 is 28.9 Å². The number of hydrogen-bond acceptors (Lipinski definition) is 2. The van der Waals surface area contributed by atoms with E-state index < -0.39 is 11.7 Å². The molecule has 1 amide bonds. The van der Waals surface area contributed by atoms with Gasteiger partial charge in [0.1, 0.15) is 5.82 Å². The molecule has 0 aromatic heterocycles. The number of halogens is 2. The normalized spacial score (nSPS) is 10.1. The van der Waals surface area contributed by atoms with Crippen LogP contribution >= 0.6 is 11.6 Å². The summed E-state index contributed by atoms with van der Waals surface area (Å²) in [7, 11) is 0. The van der Waals surface area contributed by atoms with E-state index in [0.717, 1.165) is 6.07 Å². The lowest BCUT2D eigenvalue weighted by molar-refractivity contribution is 0.102. The largest absolute Gasteiger partial charge is 0.398 e. The van der Waals surface area contributed by atoms with Crippen LogP contribution in [0.4, 0.5) is 15.8 Å². The maximum Gasteiger partial charge on any atom is 0.255 e. The van der Waals surface area contributed by atoms with Crippen LogP contribution in [0.1, 0.15) is 10.4 Å². The van der Waals surface area contributed by atoms with Crippen LogP contribution in [-0.4, -0.2) is 5.91 Å². The Balaban J connectivity index is 2.18. The molecule has 5 heteroatoms. The zero-order valence-electron chi connectivity index (χ0n) is 9.28. The van der Waals surface area contributed by atoms with E-state index in [9.17, 15) is 9.18 Å². The van der Waals surface area contributed by atoms with Crippen LogP contribution in [0.2, 0.25) is 5.02 Å². The van der Waals surface area contributed by atoms with Crippen LogP contribution in [0.5, 0.6) is 0 Å². The third kappa shape index (κ3) is 2.78. The molecule has 3 nitrogen and oxygen atoms in total. The van der Waals surface area contributed by atoms with Crippen LogP contribution in [-0.2, 0) is 0 Å². The predicted molar refractivity (Wildman–Crippen MR) is 70.2 cm³/mol. The molecule has 0 aliphatic rings. The van der Waals surface area contributed by atoms with Gasteiger partial charge >= 0.3 is 0 Å². The maximum absolute atomic E-state index is 13.0. The molecule has 0 bridgehead atoms. The predicted octanol–water partition coefficient (Wildman–Crippen LogP) is 3.31. The number of anilines is 2. The lowest BCUT2D eigenvalue weighted by Crippen LogP contribution is -2.12. The van der Waals surface area contributed by atoms with Crippen molar-refractivity contribution in [2.24, 2.45) is 0 Å². The average molecular weight is 265 g/mol. The molecule has 0 aliphatic heterocycles. The number of hydrogen-bond donors (Lipinski definition) is 2. The Morgan fingerprint density at radius 1 is 1.22 bits per heavy atom. The minimum absolute atomic E-state index is 0.239. The van der Waals surface area contributed by atoms with Crippen LogP contribution in [0, 0.1) is 5.82 Å². The fraction of sp³-hybridized carbons (Fsp3) is 0. The molecule has 0 saturated carbocycles. The highest BCUT2D eigenvalue weighted by Crippen LogP contribution is 2.22. The Morgan fingerprint density at radius 3 is 2.67 bits per heavy atom. The molecule has 0 unspecified atom stereocenters. The molecule has 3 N–H and O–H groups in total. The summed E-state index contributed by atoms with van der Waals surface area (Å²) >= 11 is 5.83. The smallest absolute Gasteiger partial charge is 0.255 e. The first-order valence-corrected chi connectivity index (χ1v) is 5.56. The van der Waals surface area contributed by atoms with Gasteiger partial charge in [0, 0.05) is 11.3 Å². The van der Waals surface area contributed by atoms with Gasteiger partial charge < -0.3 is 11.1 Å². The Labute approximate surface area is 108 Å². The summed E-state index contributed by atoms with van der Waals surface area (Å²) in [6, 6.07) is 10.2. The zero-order chi connectivity index (χ0) is 13.1. The van der Waals surface area contributed by atoms with Gasteiger partial charge in [-0.1, -0.05) is 17.7 Å². The molecule has 0 aliphatic carbocycles. The number of amides is 1. The molecule has 2 aromatic carbocycles. The number of carbonyl (C=O) groups is 1. The number of carbonyl (C=O) groups excluding carboxylic acids is 1. The highest BCUT2D eigenvalue weighted by Gasteiger charge is 2.07. The van der Waals surface area contributed by atoms with Crippen molar-refractivity contribution in [1.82, 2.24) is 0 Å². The van der Waals surface area contributed by atoms with Crippen molar-refractivity contribution in [1.29, 1.82) is 0 Å². The fourth-order valence-electron chi connectivity index (χ4n) is 1.44. The summed E-state index contributed by atoms with van der Waals surface area (Å²) in [4.78, 5) is 11.8. The van der Waals surface area contributed by atoms with Crippen LogP contribution in [0.25, 0.3) is 0 Å². The highest BCUT2D eigenvalue weighted by molar-refractivity contribution is 6.33. The summed E-state index contributed by atoms with van der Waals surface area (Å²) in [5.41, 5.74) is 6.73. The Kier molecular flexibility index (Phi) is 3.48. The van der Waals surface area contributed by atoms with Crippen molar-refractivity contribution in [2.75, 3.05) is 11.1 Å². The Bertz CT molecular complexity index is 601. The quantitative estimate of drug-likeness (QED) is 0.818. The van der Waals surface area contributed by atoms with E-state index in [1.807, 2.05) is 0 Å². The van der Waals surface area contributed by atoms with Crippen molar-refractivity contribution in [3.8, 4) is 0 Å². The van der Waals surface area contributed by atoms with E-state index in [0.29, 0.717) is 16.4 Å². The summed E-state index contributed by atoms with van der Waals surface area (Å²) in [5.74, 6) is -0.867. The second kappa shape index (κ2) is 5.06. The summed E-state index contributed by atoms with van der Waals surface area (Å²) in [6.07, 6.45) is 0. The van der Waals surface area contributed by atoms with Gasteiger partial charge in [0.15, 0.2) is 0 Å². The van der Waals surface area contributed by atoms with E-state index in [-0.39, 0.29) is 5.56 Å². The topological polar surface area (TPSA) is 55.1 Å². The van der Waals surface area contributed by atoms with Crippen LogP contribution in [0.3, 0.4) is 0 Å². The second-order valence-electron chi connectivity index (χ2n) is 3.70. The molecule has 18 heavy (non-hydrogen) atoms. The number of nitrogens with one attached hydrogen (secondary N) is 1. The molecule has 2 aromatic rings. The molecular weight excluding hydrogens is 255 g/mol. The SMILES string of the molecule is Nc1ccc(NC(=O)c2cccc(F)c2)cc1Cl. The molecular formula is C13H10ClFN2O. The number of rotatable bonds is 2. The van der Waals surface area contributed by atoms with Crippen LogP contribution in [0.15, 0.2) is 42.5 Å². The van der Waals surface area contributed by atoms with E-state index in [2.05, 4.69) is 5.32 Å². The maximum atomic E-state index is 13.0. The molecule has 0 radical (unpaired) electrons. The van der Waals surface area contributed by atoms with E-state index >= 15 is 0 Å². The van der Waals surface area contributed by atoms with E-state index in [4.69, 9.17) is 17.3 Å². The number of benzene rings is 2. The van der Waals surface area contributed by atoms with Crippen LogP contribution < -0.4 is 11.1 Å². The molecule has 0 spiro atoms. The number of nitrogens with two attached hydrogens (primary N) is 1. The van der Waals surface area contributed by atoms with E-state index in [1.165, 1.54) is 24.3 Å². The summed E-state index contributed by atoms with van der Waals surface area (Å²) < 4.78 is 13.0. The lowest BCUT2D eigenvalue weighted by atomic mass is 10.2. The van der Waals surface area contributed by atoms with Gasteiger partial charge in [0.2, 0.25) is 0 Å². The Hall–Kier alpha value is -2.07. The van der Waals surface area contributed by atoms with Crippen molar-refractivity contribution in [3.05, 3.63) is 58.9 Å². The number of nitrogen functional groups attached to an aromatic ring is 1. The molecule has 0 heterocycles. The van der Waals surface area contributed by atoms with Gasteiger partial charge in [-0.05, 0) is 36.4 Å². The van der Waals surface area contributed by atoms with Crippen molar-refractivity contribution in [2.45, 2.75) is 0 Å². The zero-order valence-corrected chi connectivity index (χ0v) is 10.0. The summed E-state index contributed by atoms with van der Waals surface area (Å²) in [6.45, 7) is 0. The fourth-order valence-corrected chi connectivity index (χ4v) is 1.62. The molecule has 0 fully saturated rings. The molecule has 0 saturated heterocycles. The second-order valence-corrected chi connectivity index (χ2v) is 4.11. The third-order valence-corrected chi connectivity index (χ3v) is 2.67. The standard InChI is InChI=1S/C13H10ClFN2O/c14-11-7-10(4-5-12(11)16)17-13(18)8-2-1-3-9(15)6-8/h1-7H,16H2,(H,17,18). The first-order chi connectivity index (χ1) is 8.56. The van der Waals surface area contributed by atoms with Crippen molar-refractivity contribution in [3.63, 3.8) is 0 Å². The minimum Gasteiger partial charge on any atom is -0.398 e. The van der Waals surface area contributed by atoms with Gasteiger partial charge in [-0.25, -0.2) is 4.39 Å². The lowest BCUT2D eigenvalue weighted by Gasteiger charge is -2.06. The summed E-state index contributed by atoms with van der Waals surface area (Å²) in [5, 5.41) is 2.96. The van der Waals surface area contributed by atoms with Gasteiger partial charge in [-0.3, -0.25) is 4.79 Å². The van der Waals surface area contributed by atoms with Gasteiger partial charge in [0.25, 0.3) is 5.91 Å².